The summed E-state index contributed by atoms with van der Waals surface area (Å²) in [6, 6.07) is 31.6. The Bertz CT molecular complexity index is 1070. The topological polar surface area (TPSA) is 0 Å². The predicted molar refractivity (Wildman–Crippen MR) is 132 cm³/mol. The van der Waals surface area contributed by atoms with Crippen LogP contribution in [0.2, 0.25) is 0 Å². The van der Waals surface area contributed by atoms with Crippen molar-refractivity contribution in [2.45, 2.75) is 52.4 Å². The van der Waals surface area contributed by atoms with Gasteiger partial charge < -0.3 is 0 Å². The van der Waals surface area contributed by atoms with Gasteiger partial charge in [0.25, 0.3) is 0 Å². The van der Waals surface area contributed by atoms with Crippen LogP contribution >= 0.6 is 0 Å². The number of fused-ring (bicyclic) bond motifs is 1. The maximum atomic E-state index is 2.30. The lowest BCUT2D eigenvalue weighted by molar-refractivity contribution is 0.590. The third-order valence-electron chi connectivity index (χ3n) is 6.01. The van der Waals surface area contributed by atoms with Crippen LogP contribution in [0, 0.1) is 0 Å². The Hall–Kier alpha value is -2.86. The first-order chi connectivity index (χ1) is 14.1. The van der Waals surface area contributed by atoms with E-state index in [1.54, 1.807) is 0 Å². The van der Waals surface area contributed by atoms with E-state index in [0.29, 0.717) is 0 Å². The van der Waals surface area contributed by atoms with Gasteiger partial charge in [0.2, 0.25) is 0 Å². The van der Waals surface area contributed by atoms with E-state index in [-0.39, 0.29) is 10.8 Å². The molecule has 0 N–H and O–H groups in total. The molecular formula is C30H32. The fourth-order valence-electron chi connectivity index (χ4n) is 3.93. The van der Waals surface area contributed by atoms with Crippen LogP contribution < -0.4 is 0 Å². The van der Waals surface area contributed by atoms with Crippen LogP contribution in [0.1, 0.15) is 52.7 Å². The minimum atomic E-state index is 0.184. The van der Waals surface area contributed by atoms with Gasteiger partial charge in [0, 0.05) is 0 Å². The number of benzene rings is 4. The molecule has 0 nitrogen and oxygen atoms in total. The molecule has 0 aliphatic rings. The molecule has 0 heterocycles. The average molecular weight is 393 g/mol. The molecule has 0 atom stereocenters. The van der Waals surface area contributed by atoms with Crippen molar-refractivity contribution in [3.8, 4) is 22.3 Å². The summed E-state index contributed by atoms with van der Waals surface area (Å²) in [7, 11) is 0. The highest BCUT2D eigenvalue weighted by molar-refractivity contribution is 5.90. The molecule has 0 spiro atoms. The normalized spacial score (nSPS) is 12.3. The van der Waals surface area contributed by atoms with Crippen molar-refractivity contribution in [3.05, 3.63) is 96.1 Å². The molecule has 0 aromatic heterocycles. The molecule has 0 unspecified atom stereocenters. The lowest BCUT2D eigenvalue weighted by Crippen LogP contribution is -2.10. The molecule has 0 aliphatic carbocycles. The van der Waals surface area contributed by atoms with Crippen molar-refractivity contribution < 1.29 is 0 Å². The number of hydrogen-bond acceptors (Lipinski definition) is 0. The Labute approximate surface area is 181 Å². The van der Waals surface area contributed by atoms with Crippen molar-refractivity contribution in [1.82, 2.24) is 0 Å². The average Bonchev–Trinajstić information content (AvgIpc) is 2.72. The van der Waals surface area contributed by atoms with Crippen molar-refractivity contribution in [3.63, 3.8) is 0 Å². The molecule has 0 aliphatic heterocycles. The molecule has 30 heavy (non-hydrogen) atoms. The van der Waals surface area contributed by atoms with Crippen LogP contribution in [-0.4, -0.2) is 0 Å². The highest BCUT2D eigenvalue weighted by Gasteiger charge is 2.14. The van der Waals surface area contributed by atoms with E-state index in [0.717, 1.165) is 0 Å². The van der Waals surface area contributed by atoms with E-state index >= 15 is 0 Å². The Morgan fingerprint density at radius 3 is 0.967 bits per heavy atom. The minimum absolute atomic E-state index is 0.184. The lowest BCUT2D eigenvalue weighted by atomic mass is 9.86. The van der Waals surface area contributed by atoms with Crippen molar-refractivity contribution in [1.29, 1.82) is 0 Å². The Morgan fingerprint density at radius 2 is 0.667 bits per heavy atom. The summed E-state index contributed by atoms with van der Waals surface area (Å²) in [5.41, 5.74) is 8.18. The maximum absolute atomic E-state index is 2.30. The van der Waals surface area contributed by atoms with Gasteiger partial charge in [0.1, 0.15) is 0 Å². The van der Waals surface area contributed by atoms with E-state index in [9.17, 15) is 0 Å². The highest BCUT2D eigenvalue weighted by Crippen LogP contribution is 2.31. The van der Waals surface area contributed by atoms with Crippen LogP contribution in [0.4, 0.5) is 0 Å². The third-order valence-corrected chi connectivity index (χ3v) is 6.01. The largest absolute Gasteiger partial charge is 0.0579 e. The molecule has 0 amide bonds. The van der Waals surface area contributed by atoms with Crippen LogP contribution in [-0.2, 0) is 10.8 Å². The van der Waals surface area contributed by atoms with Crippen molar-refractivity contribution >= 4 is 10.8 Å². The molecule has 0 saturated carbocycles. The summed E-state index contributed by atoms with van der Waals surface area (Å²) >= 11 is 0. The first kappa shape index (κ1) is 20.4. The van der Waals surface area contributed by atoms with Gasteiger partial charge in [-0.05, 0) is 67.1 Å². The van der Waals surface area contributed by atoms with Crippen LogP contribution in [0.3, 0.4) is 0 Å². The zero-order valence-corrected chi connectivity index (χ0v) is 19.1. The Balaban J connectivity index is 1.64. The quantitative estimate of drug-likeness (QED) is 0.320. The minimum Gasteiger partial charge on any atom is -0.0579 e. The second-order valence-electron chi connectivity index (χ2n) is 10.4. The summed E-state index contributed by atoms with van der Waals surface area (Å²) in [5, 5.41) is 2.56. The standard InChI is InChI=1S/C30H32/c1-29(2,3)27-15-11-21(12-16-27)23-7-9-26-20-24(8-10-25(26)19-23)22-13-17-28(18-14-22)30(4,5)6/h7-20H,1-6H3. The Morgan fingerprint density at radius 1 is 0.367 bits per heavy atom. The summed E-state index contributed by atoms with van der Waals surface area (Å²) in [5.74, 6) is 0. The van der Waals surface area contributed by atoms with Crippen LogP contribution in [0.5, 0.6) is 0 Å². The van der Waals surface area contributed by atoms with Gasteiger partial charge in [-0.25, -0.2) is 0 Å². The first-order valence-corrected chi connectivity index (χ1v) is 10.9. The smallest absolute Gasteiger partial charge is 0.0132 e. The third kappa shape index (κ3) is 4.19. The number of hydrogen-bond donors (Lipinski definition) is 0. The van der Waals surface area contributed by atoms with E-state index in [1.807, 2.05) is 0 Å². The zero-order valence-electron chi connectivity index (χ0n) is 19.1. The van der Waals surface area contributed by atoms with Gasteiger partial charge in [-0.2, -0.15) is 0 Å². The molecule has 0 saturated heterocycles. The SMILES string of the molecule is CC(C)(C)c1ccc(-c2ccc3cc(-c4ccc(C(C)(C)C)cc4)ccc3c2)cc1. The monoisotopic (exact) mass is 392 g/mol. The fourth-order valence-corrected chi connectivity index (χ4v) is 3.93. The van der Waals surface area contributed by atoms with E-state index in [4.69, 9.17) is 0 Å². The molecule has 152 valence electrons. The first-order valence-electron chi connectivity index (χ1n) is 10.9. The van der Waals surface area contributed by atoms with Crippen LogP contribution in [0.15, 0.2) is 84.9 Å². The van der Waals surface area contributed by atoms with Gasteiger partial charge in [-0.3, -0.25) is 0 Å². The number of rotatable bonds is 2. The summed E-state index contributed by atoms with van der Waals surface area (Å²) < 4.78 is 0. The van der Waals surface area contributed by atoms with Gasteiger partial charge in [0.15, 0.2) is 0 Å². The summed E-state index contributed by atoms with van der Waals surface area (Å²) in [4.78, 5) is 0. The van der Waals surface area contributed by atoms with Gasteiger partial charge in [-0.1, -0.05) is 114 Å². The molecule has 4 aromatic rings. The second kappa shape index (κ2) is 7.43. The van der Waals surface area contributed by atoms with Crippen LogP contribution in [0.25, 0.3) is 33.0 Å². The molecule has 0 radical (unpaired) electrons. The highest BCUT2D eigenvalue weighted by atomic mass is 14.2. The van der Waals surface area contributed by atoms with Crippen molar-refractivity contribution in [2.75, 3.05) is 0 Å². The predicted octanol–water partition coefficient (Wildman–Crippen LogP) is 8.77. The second-order valence-corrected chi connectivity index (χ2v) is 10.4. The van der Waals surface area contributed by atoms with Gasteiger partial charge in [-0.15, -0.1) is 0 Å². The Kier molecular flexibility index (Phi) is 5.06. The maximum Gasteiger partial charge on any atom is -0.0132 e. The van der Waals surface area contributed by atoms with E-state index in [1.165, 1.54) is 44.2 Å². The zero-order chi connectivity index (χ0) is 21.5. The fraction of sp³-hybridized carbons (Fsp3) is 0.267. The van der Waals surface area contributed by atoms with E-state index < -0.39 is 0 Å². The lowest BCUT2D eigenvalue weighted by Gasteiger charge is -2.19. The van der Waals surface area contributed by atoms with E-state index in [2.05, 4.69) is 126 Å². The molecular weight excluding hydrogens is 360 g/mol. The van der Waals surface area contributed by atoms with Gasteiger partial charge >= 0.3 is 0 Å². The van der Waals surface area contributed by atoms with Crippen molar-refractivity contribution in [2.24, 2.45) is 0 Å². The summed E-state index contributed by atoms with van der Waals surface area (Å²) in [6.45, 7) is 13.5. The molecule has 0 fully saturated rings. The molecule has 0 heteroatoms. The summed E-state index contributed by atoms with van der Waals surface area (Å²) in [6.07, 6.45) is 0. The molecule has 4 rings (SSSR count). The molecule has 4 aromatic carbocycles. The molecule has 0 bridgehead atoms. The van der Waals surface area contributed by atoms with Gasteiger partial charge in [0.05, 0.1) is 0 Å².